The van der Waals surface area contributed by atoms with E-state index in [1.54, 1.807) is 31.3 Å². The smallest absolute Gasteiger partial charge is 0.406 e. The van der Waals surface area contributed by atoms with E-state index in [2.05, 4.69) is 15.4 Å². The fourth-order valence-electron chi connectivity index (χ4n) is 2.58. The molecule has 7 nitrogen and oxygen atoms in total. The van der Waals surface area contributed by atoms with Gasteiger partial charge in [-0.2, -0.15) is 0 Å². The van der Waals surface area contributed by atoms with Crippen molar-refractivity contribution in [2.24, 2.45) is 0 Å². The molecule has 2 aromatic carbocycles. The number of Topliss-reactive ketones (excluding diaryl/α,β-unsaturated/α-hetero) is 1. The van der Waals surface area contributed by atoms with E-state index in [1.165, 1.54) is 24.0 Å². The van der Waals surface area contributed by atoms with E-state index in [-0.39, 0.29) is 24.6 Å². The first kappa shape index (κ1) is 22.9. The SMILES string of the molecule is CC(=O)c1ccccc1NC(=O)CN(C)CC(=O)Nc1ccc(OC(F)(F)F)cc1. The van der Waals surface area contributed by atoms with Crippen LogP contribution in [0.1, 0.15) is 17.3 Å². The third-order valence-corrected chi connectivity index (χ3v) is 3.78. The molecule has 0 aromatic heterocycles. The number of amides is 2. The molecule has 0 spiro atoms. The number of carbonyl (C=O) groups is 3. The molecule has 160 valence electrons. The summed E-state index contributed by atoms with van der Waals surface area (Å²) in [5, 5.41) is 5.15. The second-order valence-electron chi connectivity index (χ2n) is 6.44. The van der Waals surface area contributed by atoms with Gasteiger partial charge in [0.25, 0.3) is 0 Å². The molecule has 2 amide bonds. The molecule has 0 heterocycles. The van der Waals surface area contributed by atoms with Crippen molar-refractivity contribution < 1.29 is 32.3 Å². The second kappa shape index (κ2) is 9.88. The highest BCUT2D eigenvalue weighted by Gasteiger charge is 2.31. The van der Waals surface area contributed by atoms with Crippen LogP contribution in [0.25, 0.3) is 0 Å². The Morgan fingerprint density at radius 1 is 0.933 bits per heavy atom. The molecule has 10 heteroatoms. The standard InChI is InChI=1S/C20H20F3N3O4/c1-13(27)16-5-3-4-6-17(16)25-19(29)12-26(2)11-18(28)24-14-7-9-15(10-8-14)30-20(21,22)23/h3-10H,11-12H2,1-2H3,(H,24,28)(H,25,29). The summed E-state index contributed by atoms with van der Waals surface area (Å²) in [5.74, 6) is -1.46. The number of hydrogen-bond donors (Lipinski definition) is 2. The topological polar surface area (TPSA) is 87.7 Å². The molecule has 0 atom stereocenters. The molecule has 2 rings (SSSR count). The van der Waals surface area contributed by atoms with Gasteiger partial charge in [0.15, 0.2) is 5.78 Å². The number of nitrogens with one attached hydrogen (secondary N) is 2. The molecule has 0 radical (unpaired) electrons. The molecule has 30 heavy (non-hydrogen) atoms. The number of halogens is 3. The summed E-state index contributed by atoms with van der Waals surface area (Å²) in [6.45, 7) is 1.14. The summed E-state index contributed by atoms with van der Waals surface area (Å²) in [6, 6.07) is 11.3. The summed E-state index contributed by atoms with van der Waals surface area (Å²) in [5.41, 5.74) is 1.04. The van der Waals surface area contributed by atoms with Crippen LogP contribution in [-0.2, 0) is 9.59 Å². The summed E-state index contributed by atoms with van der Waals surface area (Å²) in [4.78, 5) is 37.3. The molecule has 2 aromatic rings. The lowest BCUT2D eigenvalue weighted by molar-refractivity contribution is -0.274. The van der Waals surface area contributed by atoms with Crippen molar-refractivity contribution in [3.8, 4) is 5.75 Å². The van der Waals surface area contributed by atoms with Crippen molar-refractivity contribution in [2.75, 3.05) is 30.8 Å². The Hall–Kier alpha value is -3.40. The summed E-state index contributed by atoms with van der Waals surface area (Å²) in [6.07, 6.45) is -4.79. The van der Waals surface area contributed by atoms with Crippen LogP contribution in [0, 0.1) is 0 Å². The highest BCUT2D eigenvalue weighted by atomic mass is 19.4. The number of ether oxygens (including phenoxy) is 1. The first-order chi connectivity index (χ1) is 14.0. The molecule has 0 fully saturated rings. The maximum atomic E-state index is 12.2. The van der Waals surface area contributed by atoms with Crippen LogP contribution in [0.3, 0.4) is 0 Å². The van der Waals surface area contributed by atoms with E-state index >= 15 is 0 Å². The zero-order valence-corrected chi connectivity index (χ0v) is 16.2. The van der Waals surface area contributed by atoms with Crippen molar-refractivity contribution in [3.05, 3.63) is 54.1 Å². The highest BCUT2D eigenvalue weighted by Crippen LogP contribution is 2.24. The first-order valence-electron chi connectivity index (χ1n) is 8.77. The Kier molecular flexibility index (Phi) is 7.54. The lowest BCUT2D eigenvalue weighted by atomic mass is 10.1. The molecule has 0 aliphatic heterocycles. The Bertz CT molecular complexity index is 914. The van der Waals surface area contributed by atoms with Gasteiger partial charge >= 0.3 is 6.36 Å². The molecule has 0 bridgehead atoms. The van der Waals surface area contributed by atoms with Gasteiger partial charge in [-0.15, -0.1) is 13.2 Å². The number of nitrogens with zero attached hydrogens (tertiary/aromatic N) is 1. The average molecular weight is 423 g/mol. The Morgan fingerprint density at radius 3 is 2.07 bits per heavy atom. The number of rotatable bonds is 8. The quantitative estimate of drug-likeness (QED) is 0.637. The van der Waals surface area contributed by atoms with Gasteiger partial charge in [-0.25, -0.2) is 0 Å². The van der Waals surface area contributed by atoms with E-state index in [4.69, 9.17) is 0 Å². The monoisotopic (exact) mass is 423 g/mol. The van der Waals surface area contributed by atoms with Gasteiger partial charge in [0, 0.05) is 11.3 Å². The normalized spacial score (nSPS) is 11.1. The lowest BCUT2D eigenvalue weighted by Gasteiger charge is -2.17. The van der Waals surface area contributed by atoms with Crippen molar-refractivity contribution in [1.29, 1.82) is 0 Å². The number of likely N-dealkylation sites (N-methyl/N-ethyl adjacent to an activating group) is 1. The van der Waals surface area contributed by atoms with Crippen LogP contribution in [-0.4, -0.2) is 49.0 Å². The second-order valence-corrected chi connectivity index (χ2v) is 6.44. The van der Waals surface area contributed by atoms with Gasteiger partial charge in [-0.1, -0.05) is 12.1 Å². The van der Waals surface area contributed by atoms with Gasteiger partial charge in [0.05, 0.1) is 18.8 Å². The summed E-state index contributed by atoms with van der Waals surface area (Å²) < 4.78 is 40.2. The van der Waals surface area contributed by atoms with Gasteiger partial charge in [0.2, 0.25) is 11.8 Å². The fourth-order valence-corrected chi connectivity index (χ4v) is 2.58. The van der Waals surface area contributed by atoms with Crippen molar-refractivity contribution >= 4 is 29.0 Å². The van der Waals surface area contributed by atoms with Crippen molar-refractivity contribution in [2.45, 2.75) is 13.3 Å². The van der Waals surface area contributed by atoms with Crippen molar-refractivity contribution in [1.82, 2.24) is 4.90 Å². The van der Waals surface area contributed by atoms with Crippen LogP contribution in [0.4, 0.5) is 24.5 Å². The average Bonchev–Trinajstić information content (AvgIpc) is 2.62. The Morgan fingerprint density at radius 2 is 1.50 bits per heavy atom. The van der Waals surface area contributed by atoms with Gasteiger partial charge in [0.1, 0.15) is 5.75 Å². The Labute approximate surface area is 170 Å². The molecule has 0 unspecified atom stereocenters. The van der Waals surface area contributed by atoms with Gasteiger partial charge in [-0.05, 0) is 50.4 Å². The highest BCUT2D eigenvalue weighted by molar-refractivity contribution is 6.04. The number of anilines is 2. The van der Waals surface area contributed by atoms with Crippen LogP contribution < -0.4 is 15.4 Å². The maximum Gasteiger partial charge on any atom is 0.573 e. The summed E-state index contributed by atoms with van der Waals surface area (Å²) >= 11 is 0. The minimum Gasteiger partial charge on any atom is -0.406 e. The zero-order valence-electron chi connectivity index (χ0n) is 16.2. The van der Waals surface area contributed by atoms with E-state index < -0.39 is 23.9 Å². The van der Waals surface area contributed by atoms with E-state index in [1.807, 2.05) is 0 Å². The van der Waals surface area contributed by atoms with Crippen LogP contribution in [0.15, 0.2) is 48.5 Å². The first-order valence-corrected chi connectivity index (χ1v) is 8.77. The number of para-hydroxylation sites is 1. The minimum atomic E-state index is -4.79. The molecule has 0 aliphatic rings. The third kappa shape index (κ3) is 7.55. The number of benzene rings is 2. The summed E-state index contributed by atoms with van der Waals surface area (Å²) in [7, 11) is 1.55. The molecule has 0 aliphatic carbocycles. The van der Waals surface area contributed by atoms with E-state index in [0.29, 0.717) is 11.3 Å². The predicted octanol–water partition coefficient (Wildman–Crippen LogP) is 3.30. The van der Waals surface area contributed by atoms with E-state index in [9.17, 15) is 27.6 Å². The largest absolute Gasteiger partial charge is 0.573 e. The molecule has 0 saturated carbocycles. The number of carbonyl (C=O) groups excluding carboxylic acids is 3. The number of ketones is 1. The maximum absolute atomic E-state index is 12.2. The number of alkyl halides is 3. The van der Waals surface area contributed by atoms with Crippen LogP contribution in [0.5, 0.6) is 5.75 Å². The fraction of sp³-hybridized carbons (Fsp3) is 0.250. The van der Waals surface area contributed by atoms with E-state index in [0.717, 1.165) is 12.1 Å². The molecular formula is C20H20F3N3O4. The molecule has 0 saturated heterocycles. The molecular weight excluding hydrogens is 403 g/mol. The molecule has 2 N–H and O–H groups in total. The zero-order chi connectivity index (χ0) is 22.3. The third-order valence-electron chi connectivity index (χ3n) is 3.78. The van der Waals surface area contributed by atoms with Crippen LogP contribution >= 0.6 is 0 Å². The van der Waals surface area contributed by atoms with Crippen molar-refractivity contribution in [3.63, 3.8) is 0 Å². The van der Waals surface area contributed by atoms with Crippen LogP contribution in [0.2, 0.25) is 0 Å². The van der Waals surface area contributed by atoms with Gasteiger partial charge < -0.3 is 15.4 Å². The minimum absolute atomic E-state index is 0.113. The van der Waals surface area contributed by atoms with Gasteiger partial charge in [-0.3, -0.25) is 19.3 Å². The predicted molar refractivity (Wildman–Crippen MR) is 104 cm³/mol. The Balaban J connectivity index is 1.84. The lowest BCUT2D eigenvalue weighted by Crippen LogP contribution is -2.36. The number of hydrogen-bond acceptors (Lipinski definition) is 5.